The first kappa shape index (κ1) is 16.6. The standard InChI is InChI=1S/C18H24N4O2/c1-12-6-13(4-5-15(12)22-11-19-10-21-22)9-20-16-7-14(8-17(23)24)18(16,2)3/h4-6,10-11,14,16,20H,7-9H2,1-3H3,(H,23,24). The molecular weight excluding hydrogens is 304 g/mol. The van der Waals surface area contributed by atoms with Crippen molar-refractivity contribution in [3.8, 4) is 5.69 Å². The van der Waals surface area contributed by atoms with E-state index in [1.165, 1.54) is 11.9 Å². The molecule has 0 saturated heterocycles. The zero-order chi connectivity index (χ0) is 17.3. The van der Waals surface area contributed by atoms with E-state index in [2.05, 4.69) is 54.4 Å². The van der Waals surface area contributed by atoms with Gasteiger partial charge in [0.05, 0.1) is 5.69 Å². The molecule has 0 aliphatic heterocycles. The fraction of sp³-hybridized carbons (Fsp3) is 0.500. The number of aryl methyl sites for hydroxylation is 1. The summed E-state index contributed by atoms with van der Waals surface area (Å²) in [6.07, 6.45) is 4.41. The number of nitrogens with zero attached hydrogens (tertiary/aromatic N) is 3. The van der Waals surface area contributed by atoms with Crippen LogP contribution in [0.25, 0.3) is 5.69 Å². The Morgan fingerprint density at radius 3 is 2.83 bits per heavy atom. The first-order valence-corrected chi connectivity index (χ1v) is 8.27. The summed E-state index contributed by atoms with van der Waals surface area (Å²) in [5, 5.41) is 16.7. The first-order chi connectivity index (χ1) is 11.4. The summed E-state index contributed by atoms with van der Waals surface area (Å²) in [6.45, 7) is 7.16. The van der Waals surface area contributed by atoms with E-state index in [1.54, 1.807) is 11.0 Å². The molecule has 1 aliphatic rings. The molecule has 1 aromatic carbocycles. The fourth-order valence-corrected chi connectivity index (χ4v) is 3.58. The lowest BCUT2D eigenvalue weighted by atomic mass is 9.57. The van der Waals surface area contributed by atoms with Gasteiger partial charge in [-0.15, -0.1) is 0 Å². The number of nitrogens with one attached hydrogen (secondary N) is 1. The van der Waals surface area contributed by atoms with Gasteiger partial charge in [-0.05, 0) is 41.9 Å². The van der Waals surface area contributed by atoms with E-state index in [0.29, 0.717) is 6.04 Å². The number of benzene rings is 1. The van der Waals surface area contributed by atoms with Crippen LogP contribution in [0, 0.1) is 18.3 Å². The van der Waals surface area contributed by atoms with Crippen LogP contribution in [0.1, 0.15) is 37.8 Å². The number of carbonyl (C=O) groups is 1. The van der Waals surface area contributed by atoms with E-state index in [4.69, 9.17) is 5.11 Å². The van der Waals surface area contributed by atoms with E-state index in [1.807, 2.05) is 0 Å². The molecule has 0 bridgehead atoms. The Balaban J connectivity index is 1.60. The number of aromatic nitrogens is 3. The number of aliphatic carboxylic acids is 1. The summed E-state index contributed by atoms with van der Waals surface area (Å²) in [6, 6.07) is 6.67. The average molecular weight is 328 g/mol. The maximum Gasteiger partial charge on any atom is 0.303 e. The van der Waals surface area contributed by atoms with E-state index in [-0.39, 0.29) is 17.8 Å². The SMILES string of the molecule is Cc1cc(CNC2CC(CC(=O)O)C2(C)C)ccc1-n1cncn1. The van der Waals surface area contributed by atoms with E-state index in [9.17, 15) is 4.79 Å². The summed E-state index contributed by atoms with van der Waals surface area (Å²) < 4.78 is 1.76. The van der Waals surface area contributed by atoms with Crippen LogP contribution in [-0.2, 0) is 11.3 Å². The lowest BCUT2D eigenvalue weighted by molar-refractivity contribution is -0.142. The van der Waals surface area contributed by atoms with Gasteiger partial charge in [0.25, 0.3) is 0 Å². The van der Waals surface area contributed by atoms with Crippen LogP contribution < -0.4 is 5.32 Å². The summed E-state index contributed by atoms with van der Waals surface area (Å²) in [4.78, 5) is 14.9. The van der Waals surface area contributed by atoms with Gasteiger partial charge in [0, 0.05) is 19.0 Å². The van der Waals surface area contributed by atoms with Crippen LogP contribution in [0.3, 0.4) is 0 Å². The molecule has 0 radical (unpaired) electrons. The first-order valence-electron chi connectivity index (χ1n) is 8.27. The van der Waals surface area contributed by atoms with Crippen LogP contribution in [0.5, 0.6) is 0 Å². The third kappa shape index (κ3) is 3.19. The highest BCUT2D eigenvalue weighted by molar-refractivity contribution is 5.67. The zero-order valence-electron chi connectivity index (χ0n) is 14.4. The van der Waals surface area contributed by atoms with Gasteiger partial charge in [-0.2, -0.15) is 5.10 Å². The molecule has 6 heteroatoms. The normalized spacial score (nSPS) is 22.1. The molecule has 1 heterocycles. The third-order valence-corrected chi connectivity index (χ3v) is 5.37. The molecule has 128 valence electrons. The van der Waals surface area contributed by atoms with Crippen molar-refractivity contribution in [1.29, 1.82) is 0 Å². The minimum Gasteiger partial charge on any atom is -0.481 e. The molecule has 2 N–H and O–H groups in total. The van der Waals surface area contributed by atoms with Crippen LogP contribution in [0.15, 0.2) is 30.9 Å². The van der Waals surface area contributed by atoms with Crippen molar-refractivity contribution in [1.82, 2.24) is 20.1 Å². The van der Waals surface area contributed by atoms with Crippen molar-refractivity contribution in [2.45, 2.75) is 46.2 Å². The highest BCUT2D eigenvalue weighted by atomic mass is 16.4. The number of rotatable bonds is 6. The van der Waals surface area contributed by atoms with Crippen molar-refractivity contribution in [2.75, 3.05) is 0 Å². The van der Waals surface area contributed by atoms with Crippen molar-refractivity contribution in [3.05, 3.63) is 42.0 Å². The number of carboxylic acid groups (broad SMARTS) is 1. The highest BCUT2D eigenvalue weighted by Crippen LogP contribution is 2.48. The number of hydrogen-bond donors (Lipinski definition) is 2. The van der Waals surface area contributed by atoms with Gasteiger partial charge in [0.2, 0.25) is 0 Å². The topological polar surface area (TPSA) is 80.0 Å². The molecule has 3 rings (SSSR count). The molecule has 0 spiro atoms. The monoisotopic (exact) mass is 328 g/mol. The van der Waals surface area contributed by atoms with E-state index >= 15 is 0 Å². The third-order valence-electron chi connectivity index (χ3n) is 5.37. The lowest BCUT2D eigenvalue weighted by Crippen LogP contribution is -2.56. The van der Waals surface area contributed by atoms with Crippen molar-refractivity contribution < 1.29 is 9.90 Å². The summed E-state index contributed by atoms with van der Waals surface area (Å²) in [5.74, 6) is -0.449. The minimum atomic E-state index is -0.703. The summed E-state index contributed by atoms with van der Waals surface area (Å²) in [7, 11) is 0. The Kier molecular flexibility index (Phi) is 4.41. The van der Waals surface area contributed by atoms with Gasteiger partial charge < -0.3 is 10.4 Å². The zero-order valence-corrected chi connectivity index (χ0v) is 14.4. The van der Waals surface area contributed by atoms with Crippen LogP contribution in [-0.4, -0.2) is 31.9 Å². The van der Waals surface area contributed by atoms with Crippen LogP contribution >= 0.6 is 0 Å². The maximum atomic E-state index is 10.9. The fourth-order valence-electron chi connectivity index (χ4n) is 3.58. The van der Waals surface area contributed by atoms with Gasteiger partial charge >= 0.3 is 5.97 Å². The van der Waals surface area contributed by atoms with Crippen LogP contribution in [0.4, 0.5) is 0 Å². The molecule has 1 saturated carbocycles. The summed E-state index contributed by atoms with van der Waals surface area (Å²) in [5.41, 5.74) is 3.42. The lowest BCUT2D eigenvalue weighted by Gasteiger charge is -2.52. The molecule has 2 aromatic rings. The van der Waals surface area contributed by atoms with Crippen LogP contribution in [0.2, 0.25) is 0 Å². The minimum absolute atomic E-state index is 0.0219. The van der Waals surface area contributed by atoms with E-state index < -0.39 is 5.97 Å². The Bertz CT molecular complexity index is 725. The average Bonchev–Trinajstić information content (AvgIpc) is 3.04. The molecule has 1 aliphatic carbocycles. The predicted molar refractivity (Wildman–Crippen MR) is 90.9 cm³/mol. The Morgan fingerprint density at radius 1 is 1.46 bits per heavy atom. The van der Waals surface area contributed by atoms with Gasteiger partial charge in [-0.25, -0.2) is 9.67 Å². The molecule has 24 heavy (non-hydrogen) atoms. The number of hydrogen-bond acceptors (Lipinski definition) is 4. The largest absolute Gasteiger partial charge is 0.481 e. The second-order valence-corrected chi connectivity index (χ2v) is 7.25. The Hall–Kier alpha value is -2.21. The smallest absolute Gasteiger partial charge is 0.303 e. The molecule has 6 nitrogen and oxygen atoms in total. The molecule has 1 fully saturated rings. The molecular formula is C18H24N4O2. The van der Waals surface area contributed by atoms with Crippen molar-refractivity contribution >= 4 is 5.97 Å². The number of carboxylic acids is 1. The summed E-state index contributed by atoms with van der Waals surface area (Å²) >= 11 is 0. The van der Waals surface area contributed by atoms with E-state index in [0.717, 1.165) is 24.2 Å². The molecule has 0 amide bonds. The Morgan fingerprint density at radius 2 is 2.25 bits per heavy atom. The molecule has 1 aromatic heterocycles. The molecule has 2 atom stereocenters. The van der Waals surface area contributed by atoms with Gasteiger partial charge in [-0.1, -0.05) is 26.0 Å². The molecule has 2 unspecified atom stereocenters. The van der Waals surface area contributed by atoms with Gasteiger partial charge in [0.1, 0.15) is 12.7 Å². The van der Waals surface area contributed by atoms with Crippen molar-refractivity contribution in [2.24, 2.45) is 11.3 Å². The predicted octanol–water partition coefficient (Wildman–Crippen LogP) is 2.55. The second-order valence-electron chi connectivity index (χ2n) is 7.25. The quantitative estimate of drug-likeness (QED) is 0.852. The maximum absolute atomic E-state index is 10.9. The van der Waals surface area contributed by atoms with Gasteiger partial charge in [0.15, 0.2) is 0 Å². The second kappa shape index (κ2) is 6.36. The van der Waals surface area contributed by atoms with Crippen molar-refractivity contribution in [3.63, 3.8) is 0 Å². The highest BCUT2D eigenvalue weighted by Gasteiger charge is 2.48. The van der Waals surface area contributed by atoms with Gasteiger partial charge in [-0.3, -0.25) is 4.79 Å². The Labute approximate surface area is 141 Å².